The first-order valence-electron chi connectivity index (χ1n) is 9.17. The lowest BCUT2D eigenvalue weighted by Gasteiger charge is -2.34. The molecule has 24 heavy (non-hydrogen) atoms. The van der Waals surface area contributed by atoms with Crippen LogP contribution in [0, 0.1) is 11.3 Å². The molecule has 1 aromatic carbocycles. The maximum atomic E-state index is 12.4. The van der Waals surface area contributed by atoms with E-state index in [0.717, 1.165) is 38.9 Å². The Kier molecular flexibility index (Phi) is 5.90. The van der Waals surface area contributed by atoms with E-state index >= 15 is 0 Å². The molecule has 0 bridgehead atoms. The third kappa shape index (κ3) is 4.58. The molecule has 0 saturated carbocycles. The summed E-state index contributed by atoms with van der Waals surface area (Å²) in [4.78, 5) is 14.9. The second-order valence-electron chi connectivity index (χ2n) is 7.50. The van der Waals surface area contributed by atoms with E-state index < -0.39 is 0 Å². The van der Waals surface area contributed by atoms with Gasteiger partial charge in [-0.1, -0.05) is 30.3 Å². The van der Waals surface area contributed by atoms with Gasteiger partial charge in [0.05, 0.1) is 12.0 Å². The van der Waals surface area contributed by atoms with Crippen LogP contribution in [0.2, 0.25) is 0 Å². The molecule has 0 aromatic heterocycles. The van der Waals surface area contributed by atoms with Crippen molar-refractivity contribution in [3.63, 3.8) is 0 Å². The average molecular weight is 331 g/mol. The van der Waals surface area contributed by atoms with E-state index in [1.165, 1.54) is 12.0 Å². The molecule has 0 amide bonds. The van der Waals surface area contributed by atoms with Gasteiger partial charge < -0.3 is 9.47 Å². The zero-order valence-corrected chi connectivity index (χ0v) is 14.7. The van der Waals surface area contributed by atoms with Crippen molar-refractivity contribution in [1.29, 1.82) is 0 Å². The number of nitrogens with zero attached hydrogens (tertiary/aromatic N) is 1. The Morgan fingerprint density at radius 1 is 1.29 bits per heavy atom. The van der Waals surface area contributed by atoms with E-state index in [9.17, 15) is 4.79 Å². The van der Waals surface area contributed by atoms with Crippen LogP contribution in [-0.4, -0.2) is 43.8 Å². The van der Waals surface area contributed by atoms with Crippen molar-refractivity contribution in [2.24, 2.45) is 11.3 Å². The molecule has 0 N–H and O–H groups in total. The van der Waals surface area contributed by atoms with Gasteiger partial charge in [0.1, 0.15) is 0 Å². The fraction of sp³-hybridized carbons (Fsp3) is 0.650. The predicted octanol–water partition coefficient (Wildman–Crippen LogP) is 3.26. The molecule has 3 rings (SSSR count). The Morgan fingerprint density at radius 2 is 2.04 bits per heavy atom. The maximum Gasteiger partial charge on any atom is 0.311 e. The lowest BCUT2D eigenvalue weighted by Crippen LogP contribution is -2.40. The summed E-state index contributed by atoms with van der Waals surface area (Å²) in [5.41, 5.74) is 1.00. The van der Waals surface area contributed by atoms with Crippen LogP contribution >= 0.6 is 0 Å². The summed E-state index contributed by atoms with van der Waals surface area (Å²) < 4.78 is 11.1. The van der Waals surface area contributed by atoms with Gasteiger partial charge in [0.25, 0.3) is 0 Å². The van der Waals surface area contributed by atoms with Crippen LogP contribution in [-0.2, 0) is 20.8 Å². The fourth-order valence-corrected chi connectivity index (χ4v) is 3.67. The van der Waals surface area contributed by atoms with Crippen molar-refractivity contribution in [3.8, 4) is 0 Å². The van der Waals surface area contributed by atoms with Crippen molar-refractivity contribution in [1.82, 2.24) is 4.90 Å². The molecule has 0 spiro atoms. The van der Waals surface area contributed by atoms with Crippen molar-refractivity contribution in [2.45, 2.75) is 39.2 Å². The van der Waals surface area contributed by atoms with Crippen LogP contribution in [0.25, 0.3) is 0 Å². The molecule has 132 valence electrons. The maximum absolute atomic E-state index is 12.4. The Bertz CT molecular complexity index is 525. The summed E-state index contributed by atoms with van der Waals surface area (Å²) in [6.45, 7) is 7.04. The lowest BCUT2D eigenvalue weighted by atomic mass is 9.82. The first-order valence-corrected chi connectivity index (χ1v) is 9.17. The van der Waals surface area contributed by atoms with E-state index in [0.29, 0.717) is 25.7 Å². The summed E-state index contributed by atoms with van der Waals surface area (Å²) in [7, 11) is 0. The number of carbonyl (C=O) groups excluding carboxylic acids is 1. The van der Waals surface area contributed by atoms with Crippen LogP contribution < -0.4 is 0 Å². The molecule has 4 nitrogen and oxygen atoms in total. The number of ether oxygens (including phenoxy) is 2. The van der Waals surface area contributed by atoms with Gasteiger partial charge >= 0.3 is 5.97 Å². The van der Waals surface area contributed by atoms with Crippen molar-refractivity contribution >= 4 is 5.97 Å². The van der Waals surface area contributed by atoms with E-state index in [2.05, 4.69) is 35.2 Å². The fourth-order valence-electron chi connectivity index (χ4n) is 3.67. The number of hydrogen-bond acceptors (Lipinski definition) is 4. The summed E-state index contributed by atoms with van der Waals surface area (Å²) in [5.74, 6) is 0.417. The highest BCUT2D eigenvalue weighted by atomic mass is 16.5. The molecule has 2 fully saturated rings. The average Bonchev–Trinajstić information content (AvgIpc) is 2.61. The van der Waals surface area contributed by atoms with Gasteiger partial charge in [-0.3, -0.25) is 9.69 Å². The van der Waals surface area contributed by atoms with Gasteiger partial charge in [0.15, 0.2) is 0 Å². The monoisotopic (exact) mass is 331 g/mol. The van der Waals surface area contributed by atoms with E-state index in [1.807, 2.05) is 6.92 Å². The first kappa shape index (κ1) is 17.4. The first-order chi connectivity index (χ1) is 11.7. The number of hydrogen-bond donors (Lipinski definition) is 0. The molecule has 0 aliphatic carbocycles. The minimum absolute atomic E-state index is 0.0361. The minimum Gasteiger partial charge on any atom is -0.465 e. The normalized spacial score (nSPS) is 24.5. The molecule has 2 aliphatic heterocycles. The molecule has 2 aliphatic rings. The molecular formula is C20H29NO3. The van der Waals surface area contributed by atoms with Crippen LogP contribution in [0.4, 0.5) is 0 Å². The number of esters is 1. The largest absolute Gasteiger partial charge is 0.465 e. The van der Waals surface area contributed by atoms with Gasteiger partial charge in [-0.2, -0.15) is 0 Å². The predicted molar refractivity (Wildman–Crippen MR) is 93.6 cm³/mol. The standard InChI is InChI=1S/C20H29NO3/c1-20(9-12-23-13-10-20)19(22)24-16-18-8-5-11-21(15-18)14-17-6-3-2-4-7-17/h2-4,6-7,18H,5,8-16H2,1H3/t18-/m0/s1. The highest BCUT2D eigenvalue weighted by Crippen LogP contribution is 2.31. The van der Waals surface area contributed by atoms with Gasteiger partial charge in [-0.15, -0.1) is 0 Å². The molecule has 2 saturated heterocycles. The lowest BCUT2D eigenvalue weighted by molar-refractivity contribution is -0.162. The minimum atomic E-state index is -0.351. The molecule has 1 aromatic rings. The van der Waals surface area contributed by atoms with Gasteiger partial charge in [-0.05, 0) is 44.7 Å². The molecule has 0 unspecified atom stereocenters. The Balaban J connectivity index is 1.46. The van der Waals surface area contributed by atoms with Crippen molar-refractivity contribution < 1.29 is 14.3 Å². The van der Waals surface area contributed by atoms with Gasteiger partial charge in [-0.25, -0.2) is 0 Å². The second kappa shape index (κ2) is 8.13. The third-order valence-corrected chi connectivity index (χ3v) is 5.39. The number of likely N-dealkylation sites (tertiary alicyclic amines) is 1. The van der Waals surface area contributed by atoms with Gasteiger partial charge in [0, 0.05) is 32.2 Å². The van der Waals surface area contributed by atoms with Crippen LogP contribution in [0.3, 0.4) is 0 Å². The number of benzene rings is 1. The Hall–Kier alpha value is -1.39. The summed E-state index contributed by atoms with van der Waals surface area (Å²) in [6.07, 6.45) is 3.88. The smallest absolute Gasteiger partial charge is 0.311 e. The number of piperidine rings is 1. The van der Waals surface area contributed by atoms with Crippen LogP contribution in [0.5, 0.6) is 0 Å². The highest BCUT2D eigenvalue weighted by Gasteiger charge is 2.37. The number of rotatable bonds is 5. The zero-order chi connectivity index (χ0) is 16.8. The Morgan fingerprint density at radius 3 is 2.79 bits per heavy atom. The summed E-state index contributed by atoms with van der Waals surface area (Å²) >= 11 is 0. The molecule has 0 radical (unpaired) electrons. The quantitative estimate of drug-likeness (QED) is 0.776. The van der Waals surface area contributed by atoms with Crippen LogP contribution in [0.1, 0.15) is 38.2 Å². The van der Waals surface area contributed by atoms with Gasteiger partial charge in [0.2, 0.25) is 0 Å². The molecule has 1 atom stereocenters. The topological polar surface area (TPSA) is 38.8 Å². The Labute approximate surface area is 145 Å². The van der Waals surface area contributed by atoms with E-state index in [4.69, 9.17) is 9.47 Å². The number of carbonyl (C=O) groups is 1. The third-order valence-electron chi connectivity index (χ3n) is 5.39. The summed E-state index contributed by atoms with van der Waals surface area (Å²) in [5, 5.41) is 0. The molecule has 4 heteroatoms. The highest BCUT2D eigenvalue weighted by molar-refractivity contribution is 5.76. The second-order valence-corrected chi connectivity index (χ2v) is 7.50. The van der Waals surface area contributed by atoms with E-state index in [-0.39, 0.29) is 11.4 Å². The van der Waals surface area contributed by atoms with Crippen LogP contribution in [0.15, 0.2) is 30.3 Å². The summed E-state index contributed by atoms with van der Waals surface area (Å²) in [6, 6.07) is 10.6. The van der Waals surface area contributed by atoms with Crippen molar-refractivity contribution in [3.05, 3.63) is 35.9 Å². The zero-order valence-electron chi connectivity index (χ0n) is 14.7. The SMILES string of the molecule is CC1(C(=O)OC[C@H]2CCCN(Cc3ccccc3)C2)CCOCC1. The molecule has 2 heterocycles. The van der Waals surface area contributed by atoms with E-state index in [1.54, 1.807) is 0 Å². The molecular weight excluding hydrogens is 302 g/mol. The van der Waals surface area contributed by atoms with Crippen molar-refractivity contribution in [2.75, 3.05) is 32.9 Å².